The lowest BCUT2D eigenvalue weighted by Crippen LogP contribution is -2.48. The SMILES string of the molecule is CON1C(=O)CC2(CCN(C(=O)C3=C(C)NC(C)=C([N+](=O)[O-])C3c3ccccc3C(F)(F)F)CC2)C1=O. The molecule has 1 aromatic rings. The predicted molar refractivity (Wildman–Crippen MR) is 121 cm³/mol. The summed E-state index contributed by atoms with van der Waals surface area (Å²) in [6, 6.07) is 4.49. The van der Waals surface area contributed by atoms with Crippen molar-refractivity contribution in [2.45, 2.75) is 45.2 Å². The molecule has 198 valence electrons. The van der Waals surface area contributed by atoms with E-state index in [0.29, 0.717) is 5.06 Å². The molecule has 0 aromatic heterocycles. The number of nitrogens with one attached hydrogen (secondary N) is 1. The van der Waals surface area contributed by atoms with Crippen molar-refractivity contribution in [2.75, 3.05) is 20.2 Å². The number of halogens is 3. The molecule has 0 radical (unpaired) electrons. The van der Waals surface area contributed by atoms with Crippen LogP contribution >= 0.6 is 0 Å². The van der Waals surface area contributed by atoms with Crippen LogP contribution in [-0.2, 0) is 25.4 Å². The van der Waals surface area contributed by atoms with Crippen LogP contribution in [0.1, 0.15) is 50.2 Å². The van der Waals surface area contributed by atoms with Crippen molar-refractivity contribution in [3.05, 3.63) is 68.2 Å². The number of carbonyl (C=O) groups is 3. The van der Waals surface area contributed by atoms with Crippen molar-refractivity contribution in [1.82, 2.24) is 15.3 Å². The minimum atomic E-state index is -4.81. The predicted octanol–water partition coefficient (Wildman–Crippen LogP) is 3.10. The Kier molecular flexibility index (Phi) is 6.61. The Bertz CT molecular complexity index is 1250. The number of hydrogen-bond acceptors (Lipinski definition) is 7. The first-order chi connectivity index (χ1) is 17.3. The number of imide groups is 1. The first-order valence-electron chi connectivity index (χ1n) is 11.5. The van der Waals surface area contributed by atoms with E-state index in [4.69, 9.17) is 4.84 Å². The van der Waals surface area contributed by atoms with E-state index < -0.39 is 57.0 Å². The van der Waals surface area contributed by atoms with Gasteiger partial charge in [0.1, 0.15) is 5.92 Å². The molecule has 0 saturated carbocycles. The molecule has 1 N–H and O–H groups in total. The number of nitro groups is 1. The Morgan fingerprint density at radius 3 is 2.32 bits per heavy atom. The number of alkyl halides is 3. The van der Waals surface area contributed by atoms with Crippen LogP contribution in [0, 0.1) is 15.5 Å². The van der Waals surface area contributed by atoms with Crippen LogP contribution < -0.4 is 5.32 Å². The number of allylic oxidation sites excluding steroid dienone is 3. The molecular formula is C24H25F3N4O6. The van der Waals surface area contributed by atoms with Gasteiger partial charge in [0.25, 0.3) is 23.4 Å². The third-order valence-electron chi connectivity index (χ3n) is 7.27. The second-order valence-corrected chi connectivity index (χ2v) is 9.37. The highest BCUT2D eigenvalue weighted by atomic mass is 19.4. The molecule has 1 unspecified atom stereocenters. The van der Waals surface area contributed by atoms with Crippen LogP contribution in [-0.4, -0.2) is 52.8 Å². The van der Waals surface area contributed by atoms with Gasteiger partial charge in [0.15, 0.2) is 0 Å². The van der Waals surface area contributed by atoms with Gasteiger partial charge in [0, 0.05) is 25.2 Å². The normalized spacial score (nSPS) is 22.2. The Morgan fingerprint density at radius 2 is 1.78 bits per heavy atom. The molecule has 3 heterocycles. The fourth-order valence-corrected chi connectivity index (χ4v) is 5.47. The molecule has 0 bridgehead atoms. The van der Waals surface area contributed by atoms with Gasteiger partial charge in [-0.3, -0.25) is 29.3 Å². The molecule has 3 amide bonds. The third kappa shape index (κ3) is 4.37. The summed E-state index contributed by atoms with van der Waals surface area (Å²) in [6.45, 7) is 2.94. The standard InChI is InChI=1S/C24H25F3N4O6/c1-13-18(21(33)29-10-8-23(9-11-29)12-17(32)30(37-3)22(23)34)19(20(31(35)36)14(2)28-13)15-6-4-5-7-16(15)24(25,26)27/h4-7,19,28H,8-12H2,1-3H3. The summed E-state index contributed by atoms with van der Waals surface area (Å²) in [5.74, 6) is -3.22. The van der Waals surface area contributed by atoms with Crippen LogP contribution in [0.3, 0.4) is 0 Å². The van der Waals surface area contributed by atoms with E-state index in [9.17, 15) is 37.7 Å². The second-order valence-electron chi connectivity index (χ2n) is 9.37. The number of piperidine rings is 1. The van der Waals surface area contributed by atoms with Crippen molar-refractivity contribution >= 4 is 17.7 Å². The van der Waals surface area contributed by atoms with Gasteiger partial charge in [-0.1, -0.05) is 18.2 Å². The maximum Gasteiger partial charge on any atom is 0.416 e. The summed E-state index contributed by atoms with van der Waals surface area (Å²) in [5.41, 5.74) is -2.97. The van der Waals surface area contributed by atoms with Gasteiger partial charge in [0.2, 0.25) is 0 Å². The topological polar surface area (TPSA) is 122 Å². The summed E-state index contributed by atoms with van der Waals surface area (Å²) in [4.78, 5) is 56.2. The zero-order chi connectivity index (χ0) is 27.3. The van der Waals surface area contributed by atoms with Crippen LogP contribution in [0.15, 0.2) is 46.9 Å². The van der Waals surface area contributed by atoms with Crippen LogP contribution in [0.5, 0.6) is 0 Å². The molecule has 1 spiro atoms. The maximum absolute atomic E-state index is 13.9. The van der Waals surface area contributed by atoms with Gasteiger partial charge in [-0.05, 0) is 38.3 Å². The molecule has 2 fully saturated rings. The number of benzene rings is 1. The molecule has 1 aromatic carbocycles. The lowest BCUT2D eigenvalue weighted by molar-refractivity contribution is -0.431. The van der Waals surface area contributed by atoms with Crippen molar-refractivity contribution in [1.29, 1.82) is 0 Å². The summed E-state index contributed by atoms with van der Waals surface area (Å²) in [7, 11) is 1.21. The Balaban J connectivity index is 1.71. The van der Waals surface area contributed by atoms with E-state index >= 15 is 0 Å². The van der Waals surface area contributed by atoms with E-state index in [0.717, 1.165) is 12.1 Å². The molecule has 3 aliphatic rings. The number of amides is 3. The van der Waals surface area contributed by atoms with Gasteiger partial charge in [-0.15, -0.1) is 0 Å². The quantitative estimate of drug-likeness (QED) is 0.366. The molecule has 0 aliphatic carbocycles. The molecule has 3 aliphatic heterocycles. The van der Waals surface area contributed by atoms with Crippen LogP contribution in [0.4, 0.5) is 13.2 Å². The van der Waals surface area contributed by atoms with Gasteiger partial charge in [-0.25, -0.2) is 0 Å². The minimum Gasteiger partial charge on any atom is -0.357 e. The number of likely N-dealkylation sites (tertiary alicyclic amines) is 1. The van der Waals surface area contributed by atoms with E-state index in [2.05, 4.69) is 5.32 Å². The van der Waals surface area contributed by atoms with Gasteiger partial charge >= 0.3 is 6.18 Å². The summed E-state index contributed by atoms with van der Waals surface area (Å²) >= 11 is 0. The second kappa shape index (κ2) is 9.29. The van der Waals surface area contributed by atoms with Crippen molar-refractivity contribution < 1.29 is 37.3 Å². The average Bonchev–Trinajstić information content (AvgIpc) is 3.06. The lowest BCUT2D eigenvalue weighted by atomic mass is 9.76. The van der Waals surface area contributed by atoms with Gasteiger partial charge < -0.3 is 10.2 Å². The highest BCUT2D eigenvalue weighted by Gasteiger charge is 2.54. The minimum absolute atomic E-state index is 0.0355. The number of nitrogens with zero attached hydrogens (tertiary/aromatic N) is 3. The highest BCUT2D eigenvalue weighted by Crippen LogP contribution is 2.46. The van der Waals surface area contributed by atoms with Crippen molar-refractivity contribution in [3.63, 3.8) is 0 Å². The smallest absolute Gasteiger partial charge is 0.357 e. The third-order valence-corrected chi connectivity index (χ3v) is 7.27. The van der Waals surface area contributed by atoms with Crippen molar-refractivity contribution in [3.8, 4) is 0 Å². The Morgan fingerprint density at radius 1 is 1.16 bits per heavy atom. The molecule has 37 heavy (non-hydrogen) atoms. The van der Waals surface area contributed by atoms with Crippen LogP contribution in [0.2, 0.25) is 0 Å². The van der Waals surface area contributed by atoms with Crippen LogP contribution in [0.25, 0.3) is 0 Å². The van der Waals surface area contributed by atoms with E-state index in [1.54, 1.807) is 0 Å². The summed E-state index contributed by atoms with van der Waals surface area (Å²) in [6.07, 6.45) is -4.59. The molecule has 4 rings (SSSR count). The fraction of sp³-hybridized carbons (Fsp3) is 0.458. The molecule has 13 heteroatoms. The summed E-state index contributed by atoms with van der Waals surface area (Å²) in [5, 5.41) is 15.5. The number of hydroxylamine groups is 2. The Hall–Kier alpha value is -3.74. The zero-order valence-electron chi connectivity index (χ0n) is 20.3. The number of dihydropyridines is 1. The van der Waals surface area contributed by atoms with Gasteiger partial charge in [-0.2, -0.15) is 18.2 Å². The zero-order valence-corrected chi connectivity index (χ0v) is 20.3. The Labute approximate surface area is 209 Å². The fourth-order valence-electron chi connectivity index (χ4n) is 5.47. The largest absolute Gasteiger partial charge is 0.416 e. The first kappa shape index (κ1) is 26.3. The van der Waals surface area contributed by atoms with E-state index in [1.807, 2.05) is 0 Å². The number of rotatable bonds is 4. The van der Waals surface area contributed by atoms with Crippen molar-refractivity contribution in [2.24, 2.45) is 5.41 Å². The number of hydrogen-bond donors (Lipinski definition) is 1. The van der Waals surface area contributed by atoms with E-state index in [-0.39, 0.29) is 49.3 Å². The first-order valence-corrected chi connectivity index (χ1v) is 11.5. The maximum atomic E-state index is 13.9. The molecule has 2 saturated heterocycles. The molecular weight excluding hydrogens is 497 g/mol. The highest BCUT2D eigenvalue weighted by molar-refractivity contribution is 6.05. The molecule has 1 atom stereocenters. The summed E-state index contributed by atoms with van der Waals surface area (Å²) < 4.78 is 41.8. The monoisotopic (exact) mass is 522 g/mol. The molecule has 10 nitrogen and oxygen atoms in total. The average molecular weight is 522 g/mol. The van der Waals surface area contributed by atoms with Gasteiger partial charge in [0.05, 0.1) is 34.3 Å². The lowest BCUT2D eigenvalue weighted by Gasteiger charge is -2.39. The number of carbonyl (C=O) groups excluding carboxylic acids is 3. The van der Waals surface area contributed by atoms with E-state index in [1.165, 1.54) is 38.0 Å².